The zero-order valence-electron chi connectivity index (χ0n) is 23.8. The molecule has 1 aliphatic carbocycles. The average molecular weight is 531 g/mol. The van der Waals surface area contributed by atoms with Crippen LogP contribution in [0, 0.1) is 5.41 Å². The average Bonchev–Trinajstić information content (AvgIpc) is 3.31. The van der Waals surface area contributed by atoms with E-state index in [1.807, 2.05) is 24.5 Å². The molecule has 0 unspecified atom stereocenters. The third-order valence-corrected chi connectivity index (χ3v) is 8.88. The van der Waals surface area contributed by atoms with Crippen LogP contribution in [0.1, 0.15) is 76.7 Å². The van der Waals surface area contributed by atoms with Gasteiger partial charge in [0, 0.05) is 43.8 Å². The minimum atomic E-state index is -0.0946. The first-order chi connectivity index (χ1) is 18.7. The molecule has 2 aliphatic heterocycles. The molecule has 9 nitrogen and oxygen atoms in total. The predicted molar refractivity (Wildman–Crippen MR) is 156 cm³/mol. The second kappa shape index (κ2) is 10.1. The summed E-state index contributed by atoms with van der Waals surface area (Å²) in [5, 5.41) is 7.32. The van der Waals surface area contributed by atoms with E-state index < -0.39 is 0 Å². The summed E-state index contributed by atoms with van der Waals surface area (Å²) in [6, 6.07) is 6.58. The van der Waals surface area contributed by atoms with Crippen LogP contribution in [0.2, 0.25) is 0 Å². The van der Waals surface area contributed by atoms with Crippen molar-refractivity contribution in [2.24, 2.45) is 5.41 Å². The lowest BCUT2D eigenvalue weighted by Crippen LogP contribution is -2.52. The zero-order valence-corrected chi connectivity index (χ0v) is 23.8. The number of nitrogens with zero attached hydrogens (tertiary/aromatic N) is 6. The van der Waals surface area contributed by atoms with Gasteiger partial charge in [-0.2, -0.15) is 4.98 Å². The number of fused-ring (bicyclic) bond motifs is 4. The Balaban J connectivity index is 1.17. The van der Waals surface area contributed by atoms with Crippen LogP contribution in [0.3, 0.4) is 0 Å². The minimum absolute atomic E-state index is 0.0275. The van der Waals surface area contributed by atoms with Gasteiger partial charge in [-0.3, -0.25) is 9.69 Å². The van der Waals surface area contributed by atoms with Gasteiger partial charge >= 0.3 is 0 Å². The Hall–Kier alpha value is -3.20. The lowest BCUT2D eigenvalue weighted by molar-refractivity contribution is 0.0833. The smallest absolute Gasteiger partial charge is 0.268 e. The van der Waals surface area contributed by atoms with Gasteiger partial charge in [-0.1, -0.05) is 40.0 Å². The normalized spacial score (nSPS) is 21.7. The molecule has 5 heterocycles. The van der Waals surface area contributed by atoms with E-state index in [1.54, 1.807) is 0 Å². The van der Waals surface area contributed by atoms with Crippen LogP contribution >= 0.6 is 0 Å². The lowest BCUT2D eigenvalue weighted by Gasteiger charge is -2.42. The summed E-state index contributed by atoms with van der Waals surface area (Å²) >= 11 is 0. The molecule has 9 heteroatoms. The highest BCUT2D eigenvalue weighted by molar-refractivity contribution is 5.99. The molecule has 3 aromatic rings. The van der Waals surface area contributed by atoms with E-state index in [9.17, 15) is 4.79 Å². The Labute approximate surface area is 231 Å². The molecule has 39 heavy (non-hydrogen) atoms. The van der Waals surface area contributed by atoms with Crippen LogP contribution < -0.4 is 15.5 Å². The van der Waals surface area contributed by atoms with Crippen molar-refractivity contribution in [1.82, 2.24) is 29.7 Å². The molecular weight excluding hydrogens is 488 g/mol. The number of piperazine rings is 1. The van der Waals surface area contributed by atoms with E-state index in [4.69, 9.17) is 9.97 Å². The van der Waals surface area contributed by atoms with Gasteiger partial charge in [0.2, 0.25) is 5.95 Å². The van der Waals surface area contributed by atoms with Gasteiger partial charge in [-0.15, -0.1) is 0 Å². The molecule has 208 valence electrons. The van der Waals surface area contributed by atoms with Crippen LogP contribution in [0.25, 0.3) is 11.0 Å². The summed E-state index contributed by atoms with van der Waals surface area (Å²) in [7, 11) is 0. The number of hydrogen-bond donors (Lipinski definition) is 2. The summed E-state index contributed by atoms with van der Waals surface area (Å²) in [5.41, 5.74) is 2.94. The zero-order chi connectivity index (χ0) is 27.2. The molecule has 3 aromatic heterocycles. The lowest BCUT2D eigenvalue weighted by atomic mass is 9.80. The summed E-state index contributed by atoms with van der Waals surface area (Å²) in [5.74, 6) is 1.19. The standard InChI is InChI=1S/C30H42N8O/c1-21-19-37(15-14-36(21)13-12-29(2,3)4)23-8-9-25(31-18-23)34-28-32-17-22-16-24-27(39)33-20-30(10-6-5-7-11-30)38(24)26(22)35-28/h8-9,16-18,21H,5-7,10-15,19-20H2,1-4H3,(H,33,39)(H,31,32,34,35)/t21-/m0/s1. The van der Waals surface area contributed by atoms with E-state index in [0.29, 0.717) is 35.5 Å². The third kappa shape index (κ3) is 5.21. The second-order valence-electron chi connectivity index (χ2n) is 13.0. The fourth-order valence-electron chi connectivity index (χ4n) is 6.52. The number of carbonyl (C=O) groups excluding carboxylic acids is 1. The molecule has 2 N–H and O–H groups in total. The Morgan fingerprint density at radius 1 is 1.10 bits per heavy atom. The van der Waals surface area contributed by atoms with Crippen molar-refractivity contribution in [3.05, 3.63) is 36.3 Å². The number of rotatable bonds is 5. The van der Waals surface area contributed by atoms with Crippen LogP contribution in [0.15, 0.2) is 30.6 Å². The Kier molecular flexibility index (Phi) is 6.73. The summed E-state index contributed by atoms with van der Waals surface area (Å²) in [6.07, 6.45) is 10.7. The Morgan fingerprint density at radius 2 is 1.92 bits per heavy atom. The molecule has 1 spiro atoms. The fourth-order valence-corrected chi connectivity index (χ4v) is 6.52. The maximum atomic E-state index is 12.7. The van der Waals surface area contributed by atoms with Gasteiger partial charge < -0.3 is 20.1 Å². The number of anilines is 3. The summed E-state index contributed by atoms with van der Waals surface area (Å²) in [6.45, 7) is 14.2. The van der Waals surface area contributed by atoms with Crippen LogP contribution in [0.4, 0.5) is 17.5 Å². The second-order valence-corrected chi connectivity index (χ2v) is 13.0. The van der Waals surface area contributed by atoms with Crippen molar-refractivity contribution in [3.63, 3.8) is 0 Å². The number of nitrogens with one attached hydrogen (secondary N) is 2. The van der Waals surface area contributed by atoms with Crippen molar-refractivity contribution >= 4 is 34.4 Å². The first-order valence-corrected chi connectivity index (χ1v) is 14.6. The number of pyridine rings is 1. The van der Waals surface area contributed by atoms with E-state index in [-0.39, 0.29) is 11.4 Å². The molecule has 1 atom stereocenters. The van der Waals surface area contributed by atoms with Crippen LogP contribution in [0.5, 0.6) is 0 Å². The van der Waals surface area contributed by atoms with Crippen molar-refractivity contribution in [2.75, 3.05) is 42.9 Å². The van der Waals surface area contributed by atoms with E-state index in [0.717, 1.165) is 55.7 Å². The number of carbonyl (C=O) groups is 1. The highest BCUT2D eigenvalue weighted by Crippen LogP contribution is 2.40. The third-order valence-electron chi connectivity index (χ3n) is 8.88. The summed E-state index contributed by atoms with van der Waals surface area (Å²) < 4.78 is 2.20. The van der Waals surface area contributed by atoms with Gasteiger partial charge in [0.1, 0.15) is 17.2 Å². The van der Waals surface area contributed by atoms with Gasteiger partial charge in [0.05, 0.1) is 17.4 Å². The highest BCUT2D eigenvalue weighted by Gasteiger charge is 2.41. The minimum Gasteiger partial charge on any atom is -0.367 e. The van der Waals surface area contributed by atoms with E-state index in [1.165, 1.54) is 25.7 Å². The summed E-state index contributed by atoms with van der Waals surface area (Å²) in [4.78, 5) is 31.9. The van der Waals surface area contributed by atoms with Crippen molar-refractivity contribution in [3.8, 4) is 0 Å². The Morgan fingerprint density at radius 3 is 2.64 bits per heavy atom. The predicted octanol–water partition coefficient (Wildman–Crippen LogP) is 4.92. The molecule has 0 aromatic carbocycles. The maximum absolute atomic E-state index is 12.7. The maximum Gasteiger partial charge on any atom is 0.268 e. The number of aromatic nitrogens is 4. The molecule has 6 rings (SSSR count). The molecule has 1 amide bonds. The topological polar surface area (TPSA) is 91.2 Å². The van der Waals surface area contributed by atoms with E-state index >= 15 is 0 Å². The Bertz CT molecular complexity index is 1340. The highest BCUT2D eigenvalue weighted by atomic mass is 16.2. The van der Waals surface area contributed by atoms with Crippen LogP contribution in [-0.2, 0) is 5.54 Å². The van der Waals surface area contributed by atoms with Crippen molar-refractivity contribution in [1.29, 1.82) is 0 Å². The molecule has 3 aliphatic rings. The largest absolute Gasteiger partial charge is 0.367 e. The first-order valence-electron chi connectivity index (χ1n) is 14.6. The number of hydrogen-bond acceptors (Lipinski definition) is 7. The van der Waals surface area contributed by atoms with Gasteiger partial charge in [0.15, 0.2) is 0 Å². The molecule has 1 saturated carbocycles. The quantitative estimate of drug-likeness (QED) is 0.484. The monoisotopic (exact) mass is 530 g/mol. The molecule has 0 bridgehead atoms. The fraction of sp³-hybridized carbons (Fsp3) is 0.600. The molecular formula is C30H42N8O. The molecule has 2 fully saturated rings. The van der Waals surface area contributed by atoms with Crippen molar-refractivity contribution < 1.29 is 4.79 Å². The first kappa shape index (κ1) is 26.0. The number of amides is 1. The molecule has 0 radical (unpaired) electrons. The van der Waals surface area contributed by atoms with Gasteiger partial charge in [-0.05, 0) is 56.3 Å². The van der Waals surface area contributed by atoms with Crippen molar-refractivity contribution in [2.45, 2.75) is 77.8 Å². The van der Waals surface area contributed by atoms with Gasteiger partial charge in [-0.25, -0.2) is 9.97 Å². The van der Waals surface area contributed by atoms with Gasteiger partial charge in [0.25, 0.3) is 5.91 Å². The van der Waals surface area contributed by atoms with Crippen LogP contribution in [-0.4, -0.2) is 69.1 Å². The molecule has 1 saturated heterocycles. The van der Waals surface area contributed by atoms with E-state index in [2.05, 4.69) is 63.7 Å². The SMILES string of the molecule is C[C@H]1CN(c2ccc(Nc3ncc4cc5n(c4n3)C3(CCCCC3)CNC5=O)nc2)CCN1CCC(C)(C)C.